The third-order valence-electron chi connectivity index (χ3n) is 4.27. The van der Waals surface area contributed by atoms with Crippen LogP contribution in [0.5, 0.6) is 0 Å². The second kappa shape index (κ2) is 7.86. The molecule has 0 aliphatic heterocycles. The zero-order valence-corrected chi connectivity index (χ0v) is 15.6. The van der Waals surface area contributed by atoms with Gasteiger partial charge in [-0.25, -0.2) is 4.68 Å². The maximum atomic E-state index is 13.0. The first-order valence-corrected chi connectivity index (χ1v) is 8.66. The highest BCUT2D eigenvalue weighted by Crippen LogP contribution is 2.30. The van der Waals surface area contributed by atoms with Crippen LogP contribution >= 0.6 is 0 Å². The van der Waals surface area contributed by atoms with Gasteiger partial charge >= 0.3 is 6.18 Å². The van der Waals surface area contributed by atoms with Crippen molar-refractivity contribution in [3.8, 4) is 5.69 Å². The van der Waals surface area contributed by atoms with E-state index in [1.165, 1.54) is 19.1 Å². The van der Waals surface area contributed by atoms with Gasteiger partial charge < -0.3 is 5.32 Å². The zero-order chi connectivity index (χ0) is 21.2. The van der Waals surface area contributed by atoms with E-state index in [9.17, 15) is 22.8 Å². The quantitative estimate of drug-likeness (QED) is 0.725. The number of benzene rings is 1. The summed E-state index contributed by atoms with van der Waals surface area (Å²) in [7, 11) is 0. The van der Waals surface area contributed by atoms with Crippen molar-refractivity contribution in [3.05, 3.63) is 87.6 Å². The summed E-state index contributed by atoms with van der Waals surface area (Å²) in [5.74, 6) is -0.730. The molecule has 1 N–H and O–H groups in total. The van der Waals surface area contributed by atoms with Gasteiger partial charge in [0.1, 0.15) is 0 Å². The van der Waals surface area contributed by atoms with Gasteiger partial charge in [0.2, 0.25) is 5.43 Å². The lowest BCUT2D eigenvalue weighted by molar-refractivity contribution is -0.137. The van der Waals surface area contributed by atoms with Crippen molar-refractivity contribution in [1.82, 2.24) is 20.1 Å². The molecule has 0 aliphatic rings. The summed E-state index contributed by atoms with van der Waals surface area (Å²) in [5.41, 5.74) is -0.777. The van der Waals surface area contributed by atoms with Crippen LogP contribution in [0, 0.1) is 6.92 Å². The van der Waals surface area contributed by atoms with Crippen molar-refractivity contribution in [2.75, 3.05) is 0 Å². The van der Waals surface area contributed by atoms with E-state index in [0.29, 0.717) is 5.69 Å². The number of aryl methyl sites for hydroxylation is 1. The zero-order valence-electron chi connectivity index (χ0n) is 15.6. The van der Waals surface area contributed by atoms with Gasteiger partial charge in [-0.15, -0.1) is 0 Å². The highest BCUT2D eigenvalue weighted by Gasteiger charge is 2.30. The van der Waals surface area contributed by atoms with E-state index in [2.05, 4.69) is 15.4 Å². The molecule has 6 nitrogen and oxygen atoms in total. The maximum Gasteiger partial charge on any atom is 0.416 e. The highest BCUT2D eigenvalue weighted by molar-refractivity contribution is 5.92. The number of nitrogens with zero attached hydrogens (tertiary/aromatic N) is 3. The first kappa shape index (κ1) is 20.2. The maximum absolute atomic E-state index is 13.0. The third-order valence-corrected chi connectivity index (χ3v) is 4.27. The van der Waals surface area contributed by atoms with Crippen LogP contribution in [0.2, 0.25) is 0 Å². The Kier molecular flexibility index (Phi) is 5.49. The number of pyridine rings is 1. The molecule has 1 atom stereocenters. The minimum absolute atomic E-state index is 0.0895. The molecule has 1 unspecified atom stereocenters. The first-order valence-electron chi connectivity index (χ1n) is 8.66. The van der Waals surface area contributed by atoms with Crippen LogP contribution in [0.15, 0.2) is 59.7 Å². The molecule has 0 bridgehead atoms. The average molecular weight is 402 g/mol. The minimum Gasteiger partial charge on any atom is -0.344 e. The molecule has 0 saturated heterocycles. The molecule has 3 aromatic rings. The Morgan fingerprint density at radius 3 is 2.59 bits per heavy atom. The Balaban J connectivity index is 1.96. The topological polar surface area (TPSA) is 76.9 Å². The number of aromatic nitrogens is 3. The molecule has 0 fully saturated rings. The number of amides is 1. The van der Waals surface area contributed by atoms with Crippen molar-refractivity contribution in [3.63, 3.8) is 0 Å². The molecule has 0 spiro atoms. The summed E-state index contributed by atoms with van der Waals surface area (Å²) in [6.45, 7) is 3.24. The Morgan fingerprint density at radius 2 is 1.93 bits per heavy atom. The SMILES string of the molecule is Cc1cc(=O)c(C(=O)NC(C)c2cccnc2)nn1-c1cccc(C(F)(F)F)c1. The molecular weight excluding hydrogens is 385 g/mol. The normalized spacial score (nSPS) is 12.4. The largest absolute Gasteiger partial charge is 0.416 e. The van der Waals surface area contributed by atoms with Gasteiger partial charge in [-0.1, -0.05) is 12.1 Å². The molecule has 2 aromatic heterocycles. The summed E-state index contributed by atoms with van der Waals surface area (Å²) in [6.07, 6.45) is -1.36. The van der Waals surface area contributed by atoms with E-state index < -0.39 is 34.8 Å². The molecule has 0 radical (unpaired) electrons. The van der Waals surface area contributed by atoms with Crippen molar-refractivity contribution in [1.29, 1.82) is 0 Å². The summed E-state index contributed by atoms with van der Waals surface area (Å²) in [6, 6.07) is 8.69. The summed E-state index contributed by atoms with van der Waals surface area (Å²) < 4.78 is 40.2. The summed E-state index contributed by atoms with van der Waals surface area (Å²) >= 11 is 0. The van der Waals surface area contributed by atoms with Gasteiger partial charge in [0.15, 0.2) is 5.69 Å². The molecular formula is C20H17F3N4O2. The summed E-state index contributed by atoms with van der Waals surface area (Å²) in [5, 5.41) is 6.67. The molecule has 150 valence electrons. The molecule has 0 aliphatic carbocycles. The number of alkyl halides is 3. The standard InChI is InChI=1S/C20H17F3N4O2/c1-12-9-17(28)18(19(29)25-13(2)14-5-4-8-24-11-14)26-27(12)16-7-3-6-15(10-16)20(21,22)23/h3-11,13H,1-2H3,(H,25,29). The lowest BCUT2D eigenvalue weighted by Crippen LogP contribution is -2.33. The lowest BCUT2D eigenvalue weighted by atomic mass is 10.1. The minimum atomic E-state index is -4.53. The Bertz CT molecular complexity index is 1090. The average Bonchev–Trinajstić information content (AvgIpc) is 2.68. The van der Waals surface area contributed by atoms with Gasteiger partial charge in [0, 0.05) is 24.2 Å². The van der Waals surface area contributed by atoms with E-state index >= 15 is 0 Å². The number of hydrogen-bond acceptors (Lipinski definition) is 4. The molecule has 9 heteroatoms. The number of carbonyl (C=O) groups is 1. The second-order valence-electron chi connectivity index (χ2n) is 6.44. The predicted molar refractivity (Wildman–Crippen MR) is 99.7 cm³/mol. The Hall–Kier alpha value is -3.49. The smallest absolute Gasteiger partial charge is 0.344 e. The number of carbonyl (C=O) groups excluding carboxylic acids is 1. The van der Waals surface area contributed by atoms with E-state index in [1.807, 2.05) is 0 Å². The van der Waals surface area contributed by atoms with Crippen molar-refractivity contribution >= 4 is 5.91 Å². The second-order valence-corrected chi connectivity index (χ2v) is 6.44. The van der Waals surface area contributed by atoms with Gasteiger partial charge in [-0.2, -0.15) is 18.3 Å². The molecule has 29 heavy (non-hydrogen) atoms. The van der Waals surface area contributed by atoms with Gasteiger partial charge in [-0.05, 0) is 43.7 Å². The number of rotatable bonds is 4. The van der Waals surface area contributed by atoms with Crippen LogP contribution in [0.4, 0.5) is 13.2 Å². The van der Waals surface area contributed by atoms with Gasteiger partial charge in [0.05, 0.1) is 17.3 Å². The van der Waals surface area contributed by atoms with Crippen molar-refractivity contribution in [2.24, 2.45) is 0 Å². The van der Waals surface area contributed by atoms with Crippen molar-refractivity contribution in [2.45, 2.75) is 26.1 Å². The fourth-order valence-corrected chi connectivity index (χ4v) is 2.76. The van der Waals surface area contributed by atoms with Crippen molar-refractivity contribution < 1.29 is 18.0 Å². The fourth-order valence-electron chi connectivity index (χ4n) is 2.76. The number of halogens is 3. The Labute approximate surface area is 164 Å². The number of nitrogens with one attached hydrogen (secondary N) is 1. The van der Waals surface area contributed by atoms with Gasteiger partial charge in [-0.3, -0.25) is 14.6 Å². The lowest BCUT2D eigenvalue weighted by Gasteiger charge is -2.15. The molecule has 0 saturated carbocycles. The third kappa shape index (κ3) is 4.50. The van der Waals surface area contributed by atoms with Crippen LogP contribution in [-0.2, 0) is 6.18 Å². The van der Waals surface area contributed by atoms with Crippen LogP contribution in [0.1, 0.15) is 40.3 Å². The van der Waals surface area contributed by atoms with E-state index in [0.717, 1.165) is 28.4 Å². The first-order chi connectivity index (χ1) is 13.7. The Morgan fingerprint density at radius 1 is 1.17 bits per heavy atom. The van der Waals surface area contributed by atoms with Crippen LogP contribution < -0.4 is 10.7 Å². The fraction of sp³-hybridized carbons (Fsp3) is 0.200. The van der Waals surface area contributed by atoms with Crippen LogP contribution in [-0.4, -0.2) is 20.7 Å². The highest BCUT2D eigenvalue weighted by atomic mass is 19.4. The predicted octanol–water partition coefficient (Wildman–Crippen LogP) is 3.45. The number of hydrogen-bond donors (Lipinski definition) is 1. The van der Waals surface area contributed by atoms with E-state index in [-0.39, 0.29) is 5.69 Å². The van der Waals surface area contributed by atoms with Crippen LogP contribution in [0.25, 0.3) is 5.69 Å². The van der Waals surface area contributed by atoms with Gasteiger partial charge in [0.25, 0.3) is 5.91 Å². The molecule has 1 aromatic carbocycles. The monoisotopic (exact) mass is 402 g/mol. The van der Waals surface area contributed by atoms with Crippen LogP contribution in [0.3, 0.4) is 0 Å². The molecule has 1 amide bonds. The molecule has 3 rings (SSSR count). The summed E-state index contributed by atoms with van der Waals surface area (Å²) in [4.78, 5) is 28.8. The molecule has 2 heterocycles. The van der Waals surface area contributed by atoms with E-state index in [4.69, 9.17) is 0 Å². The van der Waals surface area contributed by atoms with E-state index in [1.54, 1.807) is 31.5 Å².